The highest BCUT2D eigenvalue weighted by atomic mass is 32.2. The number of amides is 1. The van der Waals surface area contributed by atoms with E-state index in [4.69, 9.17) is 18.9 Å². The molecular formula is C31H32F2N4O8S2. The van der Waals surface area contributed by atoms with Crippen molar-refractivity contribution in [2.24, 2.45) is 5.92 Å². The molecule has 1 unspecified atom stereocenters. The first-order valence-corrected chi connectivity index (χ1v) is 16.5. The van der Waals surface area contributed by atoms with Gasteiger partial charge in [-0.1, -0.05) is 12.1 Å². The molecule has 1 saturated heterocycles. The van der Waals surface area contributed by atoms with Gasteiger partial charge in [-0.05, 0) is 48.2 Å². The molecule has 5 rings (SSSR count). The number of nitrogens with zero attached hydrogens (tertiary/aromatic N) is 4. The van der Waals surface area contributed by atoms with Gasteiger partial charge in [0.05, 0.1) is 34.5 Å². The summed E-state index contributed by atoms with van der Waals surface area (Å²) in [4.78, 5) is 16.1. The minimum absolute atomic E-state index is 0.0721. The lowest BCUT2D eigenvalue weighted by molar-refractivity contribution is 0.0926. The number of hydrogen-bond acceptors (Lipinski definition) is 10. The predicted octanol–water partition coefficient (Wildman–Crippen LogP) is 5.40. The van der Waals surface area contributed by atoms with Gasteiger partial charge in [-0.25, -0.2) is 31.3 Å². The molecule has 0 spiro atoms. The molecule has 1 aliphatic heterocycles. The van der Waals surface area contributed by atoms with E-state index in [1.165, 1.54) is 19.1 Å². The van der Waals surface area contributed by atoms with Crippen molar-refractivity contribution < 1.29 is 46.0 Å². The van der Waals surface area contributed by atoms with Gasteiger partial charge in [0.2, 0.25) is 5.13 Å². The summed E-state index contributed by atoms with van der Waals surface area (Å²) in [6.07, 6.45) is 0.496. The van der Waals surface area contributed by atoms with Gasteiger partial charge >= 0.3 is 6.09 Å². The fraction of sp³-hybridized carbons (Fsp3) is 0.323. The van der Waals surface area contributed by atoms with Gasteiger partial charge in [0.15, 0.2) is 11.6 Å². The summed E-state index contributed by atoms with van der Waals surface area (Å²) >= 11 is 0.751. The predicted molar refractivity (Wildman–Crippen MR) is 168 cm³/mol. The van der Waals surface area contributed by atoms with Crippen LogP contribution in [0.2, 0.25) is 0 Å². The van der Waals surface area contributed by atoms with E-state index in [9.17, 15) is 18.3 Å². The number of sulfonamides is 1. The van der Waals surface area contributed by atoms with Gasteiger partial charge in [0, 0.05) is 48.2 Å². The van der Waals surface area contributed by atoms with Crippen molar-refractivity contribution in [3.05, 3.63) is 83.7 Å². The Kier molecular flexibility index (Phi) is 10.3. The van der Waals surface area contributed by atoms with Crippen LogP contribution in [0.5, 0.6) is 23.0 Å². The normalized spacial score (nSPS) is 16.4. The highest BCUT2D eigenvalue weighted by Gasteiger charge is 2.36. The minimum atomic E-state index is -4.80. The van der Waals surface area contributed by atoms with Crippen LogP contribution in [0, 0.1) is 17.6 Å². The molecule has 1 fully saturated rings. The van der Waals surface area contributed by atoms with Crippen molar-refractivity contribution in [3.8, 4) is 23.0 Å². The fourth-order valence-corrected chi connectivity index (χ4v) is 7.70. The Balaban J connectivity index is 1.46. The summed E-state index contributed by atoms with van der Waals surface area (Å²) in [7, 11) is -0.388. The zero-order chi connectivity index (χ0) is 33.7. The summed E-state index contributed by atoms with van der Waals surface area (Å²) < 4.78 is 85.6. The molecular weight excluding hydrogens is 658 g/mol. The van der Waals surface area contributed by atoms with Crippen LogP contribution in [0.25, 0.3) is 0 Å². The molecule has 4 aromatic rings. The first kappa shape index (κ1) is 33.7. The maximum atomic E-state index is 16.1. The van der Waals surface area contributed by atoms with Gasteiger partial charge in [0.1, 0.15) is 34.3 Å². The van der Waals surface area contributed by atoms with E-state index in [1.54, 1.807) is 37.4 Å². The monoisotopic (exact) mass is 690 g/mol. The third-order valence-electron chi connectivity index (χ3n) is 7.91. The molecule has 2 heterocycles. The van der Waals surface area contributed by atoms with Crippen LogP contribution in [0.3, 0.4) is 0 Å². The second kappa shape index (κ2) is 14.4. The zero-order valence-electron chi connectivity index (χ0n) is 25.6. The van der Waals surface area contributed by atoms with Crippen molar-refractivity contribution in [2.75, 3.05) is 45.3 Å². The molecule has 1 aliphatic rings. The van der Waals surface area contributed by atoms with Crippen molar-refractivity contribution in [3.63, 3.8) is 0 Å². The number of aromatic nitrogens is 2. The van der Waals surface area contributed by atoms with Crippen molar-refractivity contribution in [1.29, 1.82) is 0 Å². The van der Waals surface area contributed by atoms with Gasteiger partial charge < -0.3 is 29.0 Å². The number of benzene rings is 3. The number of anilines is 1. The van der Waals surface area contributed by atoms with Crippen molar-refractivity contribution in [1.82, 2.24) is 14.3 Å². The standard InChI is InChI=1S/C31H32F2N4O8S2/c1-42-23-7-4-19(5-8-23)25-10-11-36(31(38)39)15-21(25)17-45-27-12-22(32)13-28(29(27)33)47(40,41)37(30-34-18-35-46-30)16-20-6-9-24(43-2)14-26(20)44-3/h4-9,12-14,18,21,25H,10-11,15-17H2,1-3H3,(H,38,39)/t21?,25-/m1/s1. The SMILES string of the molecule is COc1ccc([C@H]2CCN(C(=O)O)CC2COc2cc(F)cc(S(=O)(=O)N(Cc3ccc(OC)cc3OC)c3ncns3)c2F)cc1. The molecule has 1 amide bonds. The Morgan fingerprint density at radius 2 is 1.74 bits per heavy atom. The van der Waals surface area contributed by atoms with E-state index < -0.39 is 44.3 Å². The van der Waals surface area contributed by atoms with Crippen LogP contribution in [0.15, 0.2) is 65.8 Å². The number of hydrogen-bond donors (Lipinski definition) is 1. The van der Waals surface area contributed by atoms with Crippen LogP contribution in [-0.2, 0) is 16.6 Å². The van der Waals surface area contributed by atoms with Crippen LogP contribution in [0.4, 0.5) is 18.7 Å². The van der Waals surface area contributed by atoms with Crippen LogP contribution in [-0.4, -0.2) is 74.9 Å². The average molecular weight is 691 g/mol. The molecule has 1 N–H and O–H groups in total. The molecule has 12 nitrogen and oxygen atoms in total. The molecule has 2 atom stereocenters. The molecule has 3 aromatic carbocycles. The second-order valence-electron chi connectivity index (χ2n) is 10.6. The maximum absolute atomic E-state index is 16.1. The van der Waals surface area contributed by atoms with E-state index in [-0.39, 0.29) is 37.3 Å². The van der Waals surface area contributed by atoms with Crippen molar-refractivity contribution in [2.45, 2.75) is 23.8 Å². The fourth-order valence-electron chi connectivity index (χ4n) is 5.48. The molecule has 16 heteroatoms. The van der Waals surface area contributed by atoms with Gasteiger partial charge in [-0.2, -0.15) is 4.37 Å². The second-order valence-corrected chi connectivity index (χ2v) is 13.2. The topological polar surface area (TPSA) is 141 Å². The largest absolute Gasteiger partial charge is 0.497 e. The highest BCUT2D eigenvalue weighted by Crippen LogP contribution is 2.37. The molecule has 0 radical (unpaired) electrons. The van der Waals surface area contributed by atoms with Gasteiger partial charge in [-0.15, -0.1) is 0 Å². The molecule has 0 saturated carbocycles. The summed E-state index contributed by atoms with van der Waals surface area (Å²) in [5.41, 5.74) is 1.29. The number of piperidine rings is 1. The number of carboxylic acid groups (broad SMARTS) is 1. The van der Waals surface area contributed by atoms with E-state index in [0.717, 1.165) is 33.8 Å². The van der Waals surface area contributed by atoms with Crippen molar-refractivity contribution >= 4 is 32.8 Å². The number of ether oxygens (including phenoxy) is 4. The van der Waals surface area contributed by atoms with Crippen LogP contribution < -0.4 is 23.3 Å². The first-order chi connectivity index (χ1) is 22.5. The van der Waals surface area contributed by atoms with Gasteiger partial charge in [-0.3, -0.25) is 0 Å². The number of carbonyl (C=O) groups is 1. The number of rotatable bonds is 12. The average Bonchev–Trinajstić information content (AvgIpc) is 3.61. The summed E-state index contributed by atoms with van der Waals surface area (Å²) in [6, 6.07) is 13.4. The Bertz CT molecular complexity index is 1810. The van der Waals surface area contributed by atoms with Crippen LogP contribution >= 0.6 is 11.5 Å². The summed E-state index contributed by atoms with van der Waals surface area (Å²) in [6.45, 7) is -0.223. The van der Waals surface area contributed by atoms with E-state index in [2.05, 4.69) is 9.36 Å². The van der Waals surface area contributed by atoms with E-state index in [1.807, 2.05) is 12.1 Å². The minimum Gasteiger partial charge on any atom is -0.497 e. The molecule has 250 valence electrons. The van der Waals surface area contributed by atoms with Gasteiger partial charge in [0.25, 0.3) is 10.0 Å². The molecule has 0 aliphatic carbocycles. The Labute approximate surface area is 274 Å². The third-order valence-corrected chi connectivity index (χ3v) is 10.5. The third kappa shape index (κ3) is 7.33. The van der Waals surface area contributed by atoms with Crippen LogP contribution in [0.1, 0.15) is 23.5 Å². The number of likely N-dealkylation sites (tertiary alicyclic amines) is 1. The lowest BCUT2D eigenvalue weighted by atomic mass is 9.81. The highest BCUT2D eigenvalue weighted by molar-refractivity contribution is 7.93. The summed E-state index contributed by atoms with van der Waals surface area (Å²) in [5, 5.41) is 9.54. The summed E-state index contributed by atoms with van der Waals surface area (Å²) in [5.74, 6) is -2.23. The number of halogens is 2. The lowest BCUT2D eigenvalue weighted by Crippen LogP contribution is -2.44. The molecule has 0 bridgehead atoms. The molecule has 1 aromatic heterocycles. The van der Waals surface area contributed by atoms with E-state index >= 15 is 8.78 Å². The first-order valence-electron chi connectivity index (χ1n) is 14.3. The number of methoxy groups -OCH3 is 3. The molecule has 47 heavy (non-hydrogen) atoms. The Hall–Kier alpha value is -4.70. The maximum Gasteiger partial charge on any atom is 0.407 e. The Morgan fingerprint density at radius 3 is 2.38 bits per heavy atom. The Morgan fingerprint density at radius 1 is 1.02 bits per heavy atom. The quantitative estimate of drug-likeness (QED) is 0.206. The smallest absolute Gasteiger partial charge is 0.407 e. The van der Waals surface area contributed by atoms with E-state index in [0.29, 0.717) is 35.3 Å². The lowest BCUT2D eigenvalue weighted by Gasteiger charge is -2.37. The zero-order valence-corrected chi connectivity index (χ0v) is 27.3.